The lowest BCUT2D eigenvalue weighted by molar-refractivity contribution is -0.139. The van der Waals surface area contributed by atoms with Gasteiger partial charge in [0.15, 0.2) is 12.4 Å². The van der Waals surface area contributed by atoms with Crippen molar-refractivity contribution in [3.05, 3.63) is 23.8 Å². The number of amides is 1. The number of piperidine rings is 1. The molecule has 1 saturated heterocycles. The monoisotopic (exact) mass is 333 g/mol. The number of nitrogens with zero attached hydrogens (tertiary/aromatic N) is 1. The van der Waals surface area contributed by atoms with Crippen LogP contribution in [0.25, 0.3) is 0 Å². The van der Waals surface area contributed by atoms with E-state index in [0.29, 0.717) is 43.0 Å². The van der Waals surface area contributed by atoms with E-state index >= 15 is 0 Å². The molecule has 0 atom stereocenters. The summed E-state index contributed by atoms with van der Waals surface area (Å²) < 4.78 is 11.2. The first kappa shape index (κ1) is 16.3. The van der Waals surface area contributed by atoms with E-state index in [2.05, 4.69) is 0 Å². The number of carboxylic acid groups (broad SMARTS) is 1. The molecule has 1 aromatic rings. The number of benzene rings is 1. The summed E-state index contributed by atoms with van der Waals surface area (Å²) >= 11 is 0. The Labute approximate surface area is 139 Å². The third kappa shape index (κ3) is 3.20. The fraction of sp³-hybridized carbons (Fsp3) is 0.471. The van der Waals surface area contributed by atoms with Gasteiger partial charge in [-0.1, -0.05) is 0 Å². The van der Waals surface area contributed by atoms with Crippen molar-refractivity contribution in [2.45, 2.75) is 31.8 Å². The number of hydrogen-bond acceptors (Lipinski definition) is 5. The summed E-state index contributed by atoms with van der Waals surface area (Å²) in [4.78, 5) is 36.3. The topological polar surface area (TPSA) is 93.1 Å². The maximum atomic E-state index is 12.5. The van der Waals surface area contributed by atoms with Crippen LogP contribution in [0.5, 0.6) is 11.5 Å². The summed E-state index contributed by atoms with van der Waals surface area (Å²) in [5, 5.41) is 8.65. The van der Waals surface area contributed by atoms with E-state index in [-0.39, 0.29) is 18.1 Å². The van der Waals surface area contributed by atoms with Crippen LogP contribution in [0.2, 0.25) is 0 Å². The summed E-state index contributed by atoms with van der Waals surface area (Å²) in [5.74, 6) is -0.270. The fourth-order valence-electron chi connectivity index (χ4n) is 3.22. The third-order valence-electron chi connectivity index (χ3n) is 4.54. The van der Waals surface area contributed by atoms with Crippen molar-refractivity contribution in [1.82, 2.24) is 4.90 Å². The lowest BCUT2D eigenvalue weighted by Gasteiger charge is -2.43. The Hall–Kier alpha value is -2.57. The number of carboxylic acids is 1. The Morgan fingerprint density at radius 2 is 2.04 bits per heavy atom. The minimum absolute atomic E-state index is 0.0348. The normalized spacial score (nSPS) is 18.7. The highest BCUT2D eigenvalue weighted by Gasteiger charge is 2.43. The lowest BCUT2D eigenvalue weighted by Crippen LogP contribution is -2.51. The molecule has 1 spiro atoms. The van der Waals surface area contributed by atoms with Crippen LogP contribution in [0.1, 0.15) is 36.5 Å². The molecule has 0 aliphatic carbocycles. The highest BCUT2D eigenvalue weighted by molar-refractivity contribution is 6.00. The van der Waals surface area contributed by atoms with E-state index in [4.69, 9.17) is 14.6 Å². The van der Waals surface area contributed by atoms with Crippen LogP contribution >= 0.6 is 0 Å². The Bertz CT molecular complexity index is 690. The molecule has 1 aromatic carbocycles. The van der Waals surface area contributed by atoms with Crippen molar-refractivity contribution in [2.24, 2.45) is 0 Å². The van der Waals surface area contributed by atoms with Crippen LogP contribution in [0.15, 0.2) is 18.2 Å². The van der Waals surface area contributed by atoms with Crippen molar-refractivity contribution < 1.29 is 29.0 Å². The molecule has 0 saturated carbocycles. The Morgan fingerprint density at radius 1 is 1.33 bits per heavy atom. The first-order valence-corrected chi connectivity index (χ1v) is 7.85. The average molecular weight is 333 g/mol. The standard InChI is InChI=1S/C17H19NO6/c1-11(19)18-6-4-17(5-7-18)9-14(20)13-8-12(23-10-16(21)22)2-3-15(13)24-17/h2-3,8H,4-7,9-10H2,1H3,(H,21,22). The predicted octanol–water partition coefficient (Wildman–Crippen LogP) is 1.50. The highest BCUT2D eigenvalue weighted by Crippen LogP contribution is 2.40. The smallest absolute Gasteiger partial charge is 0.341 e. The van der Waals surface area contributed by atoms with Crippen LogP contribution in [0.3, 0.4) is 0 Å². The van der Waals surface area contributed by atoms with Crippen LogP contribution in [0, 0.1) is 0 Å². The molecule has 1 N–H and O–H groups in total. The zero-order valence-electron chi connectivity index (χ0n) is 13.4. The fourth-order valence-corrected chi connectivity index (χ4v) is 3.22. The van der Waals surface area contributed by atoms with Gasteiger partial charge < -0.3 is 19.5 Å². The maximum absolute atomic E-state index is 12.5. The number of carbonyl (C=O) groups excluding carboxylic acids is 2. The minimum atomic E-state index is -1.08. The molecule has 1 fully saturated rings. The summed E-state index contributed by atoms with van der Waals surface area (Å²) in [7, 11) is 0. The largest absolute Gasteiger partial charge is 0.486 e. The van der Waals surface area contributed by atoms with E-state index in [1.165, 1.54) is 6.07 Å². The summed E-state index contributed by atoms with van der Waals surface area (Å²) in [6.45, 7) is 2.24. The van der Waals surface area contributed by atoms with Gasteiger partial charge in [-0.15, -0.1) is 0 Å². The number of aliphatic carboxylic acids is 1. The molecule has 24 heavy (non-hydrogen) atoms. The van der Waals surface area contributed by atoms with Crippen molar-refractivity contribution >= 4 is 17.7 Å². The number of ether oxygens (including phenoxy) is 2. The van der Waals surface area contributed by atoms with Gasteiger partial charge in [0.25, 0.3) is 0 Å². The SMILES string of the molecule is CC(=O)N1CCC2(CC1)CC(=O)c1cc(OCC(=O)O)ccc1O2. The summed E-state index contributed by atoms with van der Waals surface area (Å²) in [6, 6.07) is 4.76. The van der Waals surface area contributed by atoms with Crippen LogP contribution < -0.4 is 9.47 Å². The lowest BCUT2D eigenvalue weighted by atomic mass is 9.82. The zero-order valence-corrected chi connectivity index (χ0v) is 13.4. The van der Waals surface area contributed by atoms with Crippen molar-refractivity contribution in [2.75, 3.05) is 19.7 Å². The molecule has 7 nitrogen and oxygen atoms in total. The van der Waals surface area contributed by atoms with E-state index in [1.807, 2.05) is 0 Å². The molecule has 2 heterocycles. The molecule has 2 aliphatic heterocycles. The zero-order chi connectivity index (χ0) is 17.3. The average Bonchev–Trinajstić information content (AvgIpc) is 2.53. The first-order chi connectivity index (χ1) is 11.4. The van der Waals surface area contributed by atoms with Crippen LogP contribution in [0.4, 0.5) is 0 Å². The summed E-state index contributed by atoms with van der Waals surface area (Å²) in [5.41, 5.74) is -0.142. The number of hydrogen-bond donors (Lipinski definition) is 1. The third-order valence-corrected chi connectivity index (χ3v) is 4.54. The number of fused-ring (bicyclic) bond motifs is 1. The number of likely N-dealkylation sites (tertiary alicyclic amines) is 1. The second-order valence-corrected chi connectivity index (χ2v) is 6.23. The van der Waals surface area contributed by atoms with Crippen molar-refractivity contribution in [3.8, 4) is 11.5 Å². The Kier molecular flexibility index (Phi) is 4.17. The van der Waals surface area contributed by atoms with Gasteiger partial charge in [0, 0.05) is 32.9 Å². The van der Waals surface area contributed by atoms with E-state index in [9.17, 15) is 14.4 Å². The van der Waals surface area contributed by atoms with Gasteiger partial charge in [-0.25, -0.2) is 4.79 Å². The van der Waals surface area contributed by atoms with Gasteiger partial charge in [0.2, 0.25) is 5.91 Å². The van der Waals surface area contributed by atoms with Crippen LogP contribution in [-0.4, -0.2) is 53.0 Å². The molecule has 128 valence electrons. The van der Waals surface area contributed by atoms with Gasteiger partial charge in [-0.3, -0.25) is 9.59 Å². The number of ketones is 1. The molecule has 7 heteroatoms. The van der Waals surface area contributed by atoms with Gasteiger partial charge in [-0.05, 0) is 18.2 Å². The number of Topliss-reactive ketones (excluding diaryl/α,β-unsaturated/α-hetero) is 1. The van der Waals surface area contributed by atoms with Gasteiger partial charge in [0.1, 0.15) is 17.1 Å². The minimum Gasteiger partial charge on any atom is -0.486 e. The van der Waals surface area contributed by atoms with Gasteiger partial charge >= 0.3 is 5.97 Å². The van der Waals surface area contributed by atoms with Crippen molar-refractivity contribution in [3.63, 3.8) is 0 Å². The van der Waals surface area contributed by atoms with E-state index in [0.717, 1.165) is 0 Å². The van der Waals surface area contributed by atoms with Gasteiger partial charge in [-0.2, -0.15) is 0 Å². The second-order valence-electron chi connectivity index (χ2n) is 6.23. The Balaban J connectivity index is 1.75. The second kappa shape index (κ2) is 6.14. The summed E-state index contributed by atoms with van der Waals surface area (Å²) in [6.07, 6.45) is 1.50. The molecular formula is C17H19NO6. The molecule has 1 amide bonds. The highest BCUT2D eigenvalue weighted by atomic mass is 16.5. The quantitative estimate of drug-likeness (QED) is 0.901. The van der Waals surface area contributed by atoms with E-state index in [1.54, 1.807) is 24.0 Å². The molecule has 0 unspecified atom stereocenters. The molecule has 3 rings (SSSR count). The predicted molar refractivity (Wildman–Crippen MR) is 83.4 cm³/mol. The molecule has 0 bridgehead atoms. The number of rotatable bonds is 3. The molecular weight excluding hydrogens is 314 g/mol. The first-order valence-electron chi connectivity index (χ1n) is 7.85. The maximum Gasteiger partial charge on any atom is 0.341 e. The van der Waals surface area contributed by atoms with E-state index < -0.39 is 18.2 Å². The molecule has 0 aromatic heterocycles. The van der Waals surface area contributed by atoms with Crippen molar-refractivity contribution in [1.29, 1.82) is 0 Å². The van der Waals surface area contributed by atoms with Gasteiger partial charge in [0.05, 0.1) is 12.0 Å². The molecule has 0 radical (unpaired) electrons. The van der Waals surface area contributed by atoms with Crippen LogP contribution in [-0.2, 0) is 9.59 Å². The number of carbonyl (C=O) groups is 3. The Morgan fingerprint density at radius 3 is 2.67 bits per heavy atom. The molecule has 2 aliphatic rings.